The summed E-state index contributed by atoms with van der Waals surface area (Å²) in [5, 5.41) is 11.9. The van der Waals surface area contributed by atoms with Gasteiger partial charge in [0, 0.05) is 10.9 Å². The maximum absolute atomic E-state index is 9.76. The molecule has 0 aromatic heterocycles. The van der Waals surface area contributed by atoms with Gasteiger partial charge in [-0.15, -0.1) is 0 Å². The van der Waals surface area contributed by atoms with Gasteiger partial charge in [-0.25, -0.2) is 0 Å². The van der Waals surface area contributed by atoms with Crippen molar-refractivity contribution in [1.29, 1.82) is 0 Å². The molecule has 0 aliphatic carbocycles. The summed E-state index contributed by atoms with van der Waals surface area (Å²) in [4.78, 5) is 0. The number of rotatable bonds is 4. The number of fused-ring (bicyclic) bond motifs is 1. The molecule has 0 amide bonds. The van der Waals surface area contributed by atoms with Crippen molar-refractivity contribution < 1.29 is 9.84 Å². The third kappa shape index (κ3) is 2.32. The van der Waals surface area contributed by atoms with E-state index in [9.17, 15) is 5.11 Å². The van der Waals surface area contributed by atoms with Crippen molar-refractivity contribution in [2.24, 2.45) is 0 Å². The van der Waals surface area contributed by atoms with Crippen molar-refractivity contribution in [2.75, 3.05) is 6.61 Å². The third-order valence-electron chi connectivity index (χ3n) is 2.71. The minimum atomic E-state index is -0.542. The van der Waals surface area contributed by atoms with E-state index >= 15 is 0 Å². The second-order valence-electron chi connectivity index (χ2n) is 3.98. The zero-order valence-corrected chi connectivity index (χ0v) is 9.89. The fourth-order valence-electron chi connectivity index (χ4n) is 1.89. The van der Waals surface area contributed by atoms with E-state index in [0.717, 1.165) is 22.1 Å². The van der Waals surface area contributed by atoms with Crippen molar-refractivity contribution in [1.82, 2.24) is 0 Å². The van der Waals surface area contributed by atoms with Crippen LogP contribution >= 0.6 is 0 Å². The zero-order valence-electron chi connectivity index (χ0n) is 9.89. The lowest BCUT2D eigenvalue weighted by Crippen LogP contribution is -2.01. The quantitative estimate of drug-likeness (QED) is 0.812. The van der Waals surface area contributed by atoms with E-state index in [1.54, 1.807) is 13.0 Å². The maximum Gasteiger partial charge on any atom is 0.133 e. The van der Waals surface area contributed by atoms with Crippen LogP contribution in [-0.2, 0) is 0 Å². The van der Waals surface area contributed by atoms with Gasteiger partial charge in [-0.05, 0) is 12.3 Å². The van der Waals surface area contributed by atoms with Crippen LogP contribution in [-0.4, -0.2) is 11.7 Å². The first-order valence-electron chi connectivity index (χ1n) is 5.67. The van der Waals surface area contributed by atoms with Crippen LogP contribution in [0, 0.1) is 0 Å². The summed E-state index contributed by atoms with van der Waals surface area (Å²) in [6, 6.07) is 11.9. The van der Waals surface area contributed by atoms with Crippen LogP contribution in [0.25, 0.3) is 10.8 Å². The van der Waals surface area contributed by atoms with Crippen molar-refractivity contribution in [2.45, 2.75) is 13.0 Å². The smallest absolute Gasteiger partial charge is 0.133 e. The fourth-order valence-corrected chi connectivity index (χ4v) is 1.89. The van der Waals surface area contributed by atoms with Gasteiger partial charge in [0.1, 0.15) is 12.4 Å². The monoisotopic (exact) mass is 228 g/mol. The van der Waals surface area contributed by atoms with Gasteiger partial charge in [0.05, 0.1) is 6.10 Å². The molecular formula is C15H16O2. The summed E-state index contributed by atoms with van der Waals surface area (Å²) in [5.74, 6) is 0.748. The van der Waals surface area contributed by atoms with E-state index < -0.39 is 6.10 Å². The molecule has 2 aromatic rings. The summed E-state index contributed by atoms with van der Waals surface area (Å²) in [5.41, 5.74) is 0.811. The second-order valence-corrected chi connectivity index (χ2v) is 3.98. The van der Waals surface area contributed by atoms with Gasteiger partial charge in [-0.1, -0.05) is 49.1 Å². The van der Waals surface area contributed by atoms with E-state index in [4.69, 9.17) is 4.74 Å². The van der Waals surface area contributed by atoms with Gasteiger partial charge in [-0.3, -0.25) is 0 Å². The highest BCUT2D eigenvalue weighted by molar-refractivity contribution is 5.89. The molecule has 1 atom stereocenters. The van der Waals surface area contributed by atoms with E-state index in [1.807, 2.05) is 36.4 Å². The molecule has 2 heteroatoms. The molecular weight excluding hydrogens is 212 g/mol. The van der Waals surface area contributed by atoms with Gasteiger partial charge in [-0.2, -0.15) is 0 Å². The molecule has 0 spiro atoms. The molecule has 0 saturated heterocycles. The van der Waals surface area contributed by atoms with Gasteiger partial charge < -0.3 is 9.84 Å². The average Bonchev–Trinajstić information content (AvgIpc) is 2.35. The Balaban J connectivity index is 2.61. The van der Waals surface area contributed by atoms with Crippen molar-refractivity contribution in [3.63, 3.8) is 0 Å². The average molecular weight is 228 g/mol. The Morgan fingerprint density at radius 2 is 2.06 bits per heavy atom. The number of aliphatic hydroxyl groups is 1. The molecule has 1 N–H and O–H groups in total. The minimum Gasteiger partial charge on any atom is -0.489 e. The number of hydrogen-bond acceptors (Lipinski definition) is 2. The molecule has 2 rings (SSSR count). The van der Waals surface area contributed by atoms with Gasteiger partial charge in [0.15, 0.2) is 0 Å². The van der Waals surface area contributed by atoms with Crippen molar-refractivity contribution >= 4 is 10.8 Å². The number of ether oxygens (including phenoxy) is 1. The highest BCUT2D eigenvalue weighted by Crippen LogP contribution is 2.33. The summed E-state index contributed by atoms with van der Waals surface area (Å²) < 4.78 is 5.68. The van der Waals surface area contributed by atoms with E-state index in [1.165, 1.54) is 0 Å². The molecule has 0 aliphatic rings. The van der Waals surface area contributed by atoms with Crippen LogP contribution in [0.1, 0.15) is 18.6 Å². The van der Waals surface area contributed by atoms with Crippen LogP contribution in [0.15, 0.2) is 49.1 Å². The molecule has 1 unspecified atom stereocenters. The lowest BCUT2D eigenvalue weighted by Gasteiger charge is -2.15. The minimum absolute atomic E-state index is 0.438. The van der Waals surface area contributed by atoms with Crippen molar-refractivity contribution in [3.05, 3.63) is 54.6 Å². The molecule has 2 aromatic carbocycles. The van der Waals surface area contributed by atoms with Crippen LogP contribution < -0.4 is 4.74 Å². The largest absolute Gasteiger partial charge is 0.489 e. The maximum atomic E-state index is 9.76. The lowest BCUT2D eigenvalue weighted by atomic mass is 10.0. The summed E-state index contributed by atoms with van der Waals surface area (Å²) in [6.07, 6.45) is 1.16. The molecule has 0 saturated carbocycles. The highest BCUT2D eigenvalue weighted by atomic mass is 16.5. The van der Waals surface area contributed by atoms with Crippen LogP contribution in [0.5, 0.6) is 5.75 Å². The SMILES string of the molecule is C=CCOc1c(C(C)O)ccc2ccccc12. The Kier molecular flexibility index (Phi) is 3.45. The molecule has 0 bridgehead atoms. The Morgan fingerprint density at radius 1 is 1.29 bits per heavy atom. The third-order valence-corrected chi connectivity index (χ3v) is 2.71. The van der Waals surface area contributed by atoms with Gasteiger partial charge >= 0.3 is 0 Å². The first-order chi connectivity index (χ1) is 8.24. The summed E-state index contributed by atoms with van der Waals surface area (Å²) in [6.45, 7) is 5.82. The predicted molar refractivity (Wildman–Crippen MR) is 70.3 cm³/mol. The van der Waals surface area contributed by atoms with Crippen LogP contribution in [0.4, 0.5) is 0 Å². The molecule has 0 radical (unpaired) electrons. The first-order valence-corrected chi connectivity index (χ1v) is 5.67. The van der Waals surface area contributed by atoms with Gasteiger partial charge in [0.25, 0.3) is 0 Å². The van der Waals surface area contributed by atoms with E-state index in [2.05, 4.69) is 6.58 Å². The molecule has 0 heterocycles. The lowest BCUT2D eigenvalue weighted by molar-refractivity contribution is 0.193. The topological polar surface area (TPSA) is 29.5 Å². The number of aliphatic hydroxyl groups excluding tert-OH is 1. The predicted octanol–water partition coefficient (Wildman–Crippen LogP) is 3.46. The standard InChI is InChI=1S/C15H16O2/c1-3-10-17-15-13(11(2)16)9-8-12-6-4-5-7-14(12)15/h3-9,11,16H,1,10H2,2H3. The fraction of sp³-hybridized carbons (Fsp3) is 0.200. The summed E-state index contributed by atoms with van der Waals surface area (Å²) in [7, 11) is 0. The van der Waals surface area contributed by atoms with Crippen LogP contribution in [0.2, 0.25) is 0 Å². The first kappa shape index (κ1) is 11.7. The Morgan fingerprint density at radius 3 is 2.76 bits per heavy atom. The van der Waals surface area contributed by atoms with Crippen molar-refractivity contribution in [3.8, 4) is 5.75 Å². The van der Waals surface area contributed by atoms with E-state index in [0.29, 0.717) is 6.61 Å². The summed E-state index contributed by atoms with van der Waals surface area (Å²) >= 11 is 0. The molecule has 0 aliphatic heterocycles. The number of benzene rings is 2. The normalized spacial score (nSPS) is 12.4. The molecule has 0 fully saturated rings. The van der Waals surface area contributed by atoms with Gasteiger partial charge in [0.2, 0.25) is 0 Å². The van der Waals surface area contributed by atoms with Crippen LogP contribution in [0.3, 0.4) is 0 Å². The molecule has 88 valence electrons. The zero-order chi connectivity index (χ0) is 12.3. The number of hydrogen-bond donors (Lipinski definition) is 1. The Labute approximate surface area is 101 Å². The second kappa shape index (κ2) is 5.02. The highest BCUT2D eigenvalue weighted by Gasteiger charge is 2.12. The Hall–Kier alpha value is -1.80. The Bertz CT molecular complexity index is 529. The molecule has 2 nitrogen and oxygen atoms in total. The molecule has 17 heavy (non-hydrogen) atoms. The van der Waals surface area contributed by atoms with E-state index in [-0.39, 0.29) is 0 Å².